The number of halogens is 2. The lowest BCUT2D eigenvalue weighted by atomic mass is 10.2. The van der Waals surface area contributed by atoms with Crippen molar-refractivity contribution < 1.29 is 9.13 Å². The Morgan fingerprint density at radius 2 is 2.05 bits per heavy atom. The summed E-state index contributed by atoms with van der Waals surface area (Å²) in [6.45, 7) is 1.71. The number of ether oxygens (including phenoxy) is 1. The minimum Gasteiger partial charge on any atom is -0.495 e. The van der Waals surface area contributed by atoms with Crippen LogP contribution < -0.4 is 10.5 Å². The molecule has 3 rings (SSSR count). The monoisotopic (exact) mass is 349 g/mol. The van der Waals surface area contributed by atoms with Crippen LogP contribution in [0.2, 0.25) is 0 Å². The number of nitrogens with two attached hydrogens (primary N) is 1. The second-order valence-corrected chi connectivity index (χ2v) is 5.63. The third kappa shape index (κ3) is 2.25. The Morgan fingerprint density at radius 3 is 2.76 bits per heavy atom. The first-order valence-electron chi connectivity index (χ1n) is 6.29. The molecule has 0 fully saturated rings. The predicted molar refractivity (Wildman–Crippen MR) is 84.4 cm³/mol. The molecule has 0 bridgehead atoms. The molecule has 0 saturated carbocycles. The first-order valence-corrected chi connectivity index (χ1v) is 7.08. The maximum absolute atomic E-state index is 13.7. The number of aryl methyl sites for hydroxylation is 1. The standard InChI is InChI=1S/C15H13BrFN3O/c1-8-5-12-11(7-10(8)17)19-15(18)20(12)13-6-9(16)3-4-14(13)21-2/h3-7H,1-2H3,(H2,18,19). The zero-order valence-electron chi connectivity index (χ0n) is 11.5. The van der Waals surface area contributed by atoms with Crippen molar-refractivity contribution in [2.24, 2.45) is 0 Å². The maximum atomic E-state index is 13.7. The molecule has 0 spiro atoms. The third-order valence-electron chi connectivity index (χ3n) is 3.34. The van der Waals surface area contributed by atoms with Crippen LogP contribution in [0.25, 0.3) is 16.7 Å². The quantitative estimate of drug-likeness (QED) is 0.764. The summed E-state index contributed by atoms with van der Waals surface area (Å²) in [7, 11) is 1.59. The van der Waals surface area contributed by atoms with Crippen LogP contribution in [0.1, 0.15) is 5.56 Å². The number of imidazole rings is 1. The van der Waals surface area contributed by atoms with Crippen LogP contribution >= 0.6 is 15.9 Å². The van der Waals surface area contributed by atoms with Gasteiger partial charge in [0.25, 0.3) is 0 Å². The van der Waals surface area contributed by atoms with E-state index in [-0.39, 0.29) is 11.8 Å². The minimum atomic E-state index is -0.298. The van der Waals surface area contributed by atoms with Crippen LogP contribution in [0, 0.1) is 12.7 Å². The van der Waals surface area contributed by atoms with E-state index in [1.807, 2.05) is 18.2 Å². The van der Waals surface area contributed by atoms with Crippen LogP contribution in [-0.4, -0.2) is 16.7 Å². The van der Waals surface area contributed by atoms with E-state index in [0.717, 1.165) is 15.7 Å². The molecule has 0 radical (unpaired) electrons. The van der Waals surface area contributed by atoms with E-state index in [1.165, 1.54) is 6.07 Å². The number of aromatic nitrogens is 2. The van der Waals surface area contributed by atoms with Gasteiger partial charge in [-0.25, -0.2) is 9.37 Å². The average Bonchev–Trinajstić information content (AvgIpc) is 2.74. The van der Waals surface area contributed by atoms with Crippen LogP contribution in [0.4, 0.5) is 10.3 Å². The number of hydrogen-bond donors (Lipinski definition) is 1. The molecule has 1 aromatic heterocycles. The van der Waals surface area contributed by atoms with E-state index in [0.29, 0.717) is 16.8 Å². The van der Waals surface area contributed by atoms with Crippen LogP contribution in [-0.2, 0) is 0 Å². The molecule has 0 amide bonds. The lowest BCUT2D eigenvalue weighted by molar-refractivity contribution is 0.413. The summed E-state index contributed by atoms with van der Waals surface area (Å²) in [6.07, 6.45) is 0. The lowest BCUT2D eigenvalue weighted by Crippen LogP contribution is -2.03. The molecule has 3 aromatic rings. The van der Waals surface area contributed by atoms with Crippen molar-refractivity contribution in [3.8, 4) is 11.4 Å². The second kappa shape index (κ2) is 5.04. The smallest absolute Gasteiger partial charge is 0.206 e. The molecule has 0 unspecified atom stereocenters. The van der Waals surface area contributed by atoms with Crippen molar-refractivity contribution in [3.63, 3.8) is 0 Å². The first-order chi connectivity index (χ1) is 10.0. The van der Waals surface area contributed by atoms with Gasteiger partial charge < -0.3 is 10.5 Å². The summed E-state index contributed by atoms with van der Waals surface area (Å²) in [5.74, 6) is 0.644. The minimum absolute atomic E-state index is 0.284. The highest BCUT2D eigenvalue weighted by Crippen LogP contribution is 2.32. The van der Waals surface area contributed by atoms with Gasteiger partial charge in [-0.2, -0.15) is 0 Å². The van der Waals surface area contributed by atoms with E-state index in [2.05, 4.69) is 20.9 Å². The number of rotatable bonds is 2. The SMILES string of the molecule is COc1ccc(Br)cc1-n1c(N)nc2cc(F)c(C)cc21. The summed E-state index contributed by atoms with van der Waals surface area (Å²) in [4.78, 5) is 4.23. The molecule has 108 valence electrons. The molecule has 0 aliphatic carbocycles. The van der Waals surface area contributed by atoms with Crippen molar-refractivity contribution in [2.75, 3.05) is 12.8 Å². The molecule has 4 nitrogen and oxygen atoms in total. The molecule has 6 heteroatoms. The molecule has 1 heterocycles. The van der Waals surface area contributed by atoms with E-state index < -0.39 is 0 Å². The highest BCUT2D eigenvalue weighted by Gasteiger charge is 2.16. The highest BCUT2D eigenvalue weighted by molar-refractivity contribution is 9.10. The van der Waals surface area contributed by atoms with Crippen molar-refractivity contribution in [2.45, 2.75) is 6.92 Å². The molecule has 0 saturated heterocycles. The summed E-state index contributed by atoms with van der Waals surface area (Å²) >= 11 is 3.44. The lowest BCUT2D eigenvalue weighted by Gasteiger charge is -2.12. The highest BCUT2D eigenvalue weighted by atomic mass is 79.9. The van der Waals surface area contributed by atoms with Gasteiger partial charge in [0.05, 0.1) is 23.8 Å². The van der Waals surface area contributed by atoms with Crippen molar-refractivity contribution >= 4 is 32.9 Å². The van der Waals surface area contributed by atoms with Crippen molar-refractivity contribution in [1.29, 1.82) is 0 Å². The average molecular weight is 350 g/mol. The number of nitrogens with zero attached hydrogens (tertiary/aromatic N) is 2. The Balaban J connectivity index is 2.37. The molecule has 2 aromatic carbocycles. The number of fused-ring (bicyclic) bond motifs is 1. The van der Waals surface area contributed by atoms with Crippen LogP contribution in [0.5, 0.6) is 5.75 Å². The molecule has 0 atom stereocenters. The van der Waals surface area contributed by atoms with Gasteiger partial charge in [-0.3, -0.25) is 4.57 Å². The Hall–Kier alpha value is -2.08. The Kier molecular flexibility index (Phi) is 3.33. The van der Waals surface area contributed by atoms with E-state index >= 15 is 0 Å². The molecule has 2 N–H and O–H groups in total. The maximum Gasteiger partial charge on any atom is 0.206 e. The Labute approximate surface area is 129 Å². The van der Waals surface area contributed by atoms with Crippen molar-refractivity contribution in [1.82, 2.24) is 9.55 Å². The molecular weight excluding hydrogens is 337 g/mol. The number of hydrogen-bond acceptors (Lipinski definition) is 3. The van der Waals surface area contributed by atoms with Gasteiger partial charge in [-0.15, -0.1) is 0 Å². The number of methoxy groups -OCH3 is 1. The first kappa shape index (κ1) is 13.9. The molecule has 21 heavy (non-hydrogen) atoms. The number of nitrogen functional groups attached to an aromatic ring is 1. The normalized spacial score (nSPS) is 11.0. The summed E-state index contributed by atoms with van der Waals surface area (Å²) in [6, 6.07) is 8.72. The van der Waals surface area contributed by atoms with Gasteiger partial charge in [0.15, 0.2) is 0 Å². The topological polar surface area (TPSA) is 53.1 Å². The van der Waals surface area contributed by atoms with Crippen molar-refractivity contribution in [3.05, 3.63) is 46.2 Å². The summed E-state index contributed by atoms with van der Waals surface area (Å²) in [5.41, 5.74) is 8.56. The van der Waals surface area contributed by atoms with Gasteiger partial charge in [-0.05, 0) is 36.8 Å². The van der Waals surface area contributed by atoms with Crippen LogP contribution in [0.3, 0.4) is 0 Å². The van der Waals surface area contributed by atoms with Gasteiger partial charge in [0.1, 0.15) is 11.6 Å². The van der Waals surface area contributed by atoms with Gasteiger partial charge >= 0.3 is 0 Å². The van der Waals surface area contributed by atoms with E-state index in [9.17, 15) is 4.39 Å². The fourth-order valence-corrected chi connectivity index (χ4v) is 2.66. The predicted octanol–water partition coefficient (Wildman–Crippen LogP) is 3.83. The molecule has 0 aliphatic heterocycles. The van der Waals surface area contributed by atoms with Gasteiger partial charge in [0.2, 0.25) is 5.95 Å². The fraction of sp³-hybridized carbons (Fsp3) is 0.133. The zero-order valence-corrected chi connectivity index (χ0v) is 13.1. The Morgan fingerprint density at radius 1 is 1.29 bits per heavy atom. The Bertz CT molecular complexity index is 845. The third-order valence-corrected chi connectivity index (χ3v) is 3.84. The van der Waals surface area contributed by atoms with Crippen LogP contribution in [0.15, 0.2) is 34.8 Å². The van der Waals surface area contributed by atoms with E-state index in [1.54, 1.807) is 24.7 Å². The zero-order chi connectivity index (χ0) is 15.1. The van der Waals surface area contributed by atoms with Gasteiger partial charge in [0, 0.05) is 10.5 Å². The number of benzene rings is 2. The summed E-state index contributed by atoms with van der Waals surface area (Å²) < 4.78 is 21.7. The van der Waals surface area contributed by atoms with Gasteiger partial charge in [-0.1, -0.05) is 15.9 Å². The second-order valence-electron chi connectivity index (χ2n) is 4.71. The molecule has 0 aliphatic rings. The summed E-state index contributed by atoms with van der Waals surface area (Å²) in [5, 5.41) is 0. The van der Waals surface area contributed by atoms with E-state index in [4.69, 9.17) is 10.5 Å². The fourth-order valence-electron chi connectivity index (χ4n) is 2.31. The molecular formula is C15H13BrFN3O. The largest absolute Gasteiger partial charge is 0.495 e. The number of anilines is 1.